The molecular weight excluding hydrogens is 264 g/mol. The molecule has 1 aromatic heterocycles. The predicted octanol–water partition coefficient (Wildman–Crippen LogP) is 1.51. The van der Waals surface area contributed by atoms with Crippen molar-refractivity contribution in [3.63, 3.8) is 0 Å². The number of nitrogens with one attached hydrogen (secondary N) is 1. The maximum Gasteiger partial charge on any atom is 0.247 e. The average Bonchev–Trinajstić information content (AvgIpc) is 2.75. The lowest BCUT2D eigenvalue weighted by atomic mass is 10.2. The molecule has 0 aromatic carbocycles. The van der Waals surface area contributed by atoms with E-state index in [9.17, 15) is 4.79 Å². The van der Waals surface area contributed by atoms with E-state index in [2.05, 4.69) is 15.6 Å². The highest BCUT2D eigenvalue weighted by atomic mass is 32.2. The average molecular weight is 278 g/mol. The molecule has 1 rings (SSSR count). The van der Waals surface area contributed by atoms with E-state index in [-0.39, 0.29) is 11.2 Å². The molecule has 0 saturated carbocycles. The van der Waals surface area contributed by atoms with Crippen molar-refractivity contribution in [3.05, 3.63) is 0 Å². The fourth-order valence-electron chi connectivity index (χ4n) is 1.05. The minimum atomic E-state index is -0.183. The molecule has 0 spiro atoms. The second kappa shape index (κ2) is 7.10. The Morgan fingerprint density at radius 1 is 1.56 bits per heavy atom. The maximum absolute atomic E-state index is 11.5. The van der Waals surface area contributed by atoms with E-state index in [4.69, 9.17) is 5.84 Å². The number of aromatic nitrogens is 2. The molecule has 0 saturated heterocycles. The van der Waals surface area contributed by atoms with E-state index >= 15 is 0 Å². The lowest BCUT2D eigenvalue weighted by Crippen LogP contribution is -2.37. The number of amides is 1. The first-order valence-corrected chi connectivity index (χ1v) is 7.68. The lowest BCUT2D eigenvalue weighted by molar-refractivity contribution is -0.120. The molecule has 0 aliphatic carbocycles. The van der Waals surface area contributed by atoms with Crippen LogP contribution in [0, 0.1) is 0 Å². The summed E-state index contributed by atoms with van der Waals surface area (Å²) in [6.45, 7) is 2.03. The second-order valence-electron chi connectivity index (χ2n) is 2.94. The highest BCUT2D eigenvalue weighted by Gasteiger charge is 2.20. The van der Waals surface area contributed by atoms with Gasteiger partial charge in [-0.05, 0) is 12.7 Å². The third-order valence-electron chi connectivity index (χ3n) is 1.79. The Morgan fingerprint density at radius 2 is 2.25 bits per heavy atom. The van der Waals surface area contributed by atoms with Crippen molar-refractivity contribution in [1.29, 1.82) is 0 Å². The van der Waals surface area contributed by atoms with Crippen molar-refractivity contribution < 1.29 is 4.79 Å². The van der Waals surface area contributed by atoms with Crippen LogP contribution >= 0.6 is 34.9 Å². The molecule has 1 aromatic rings. The summed E-state index contributed by atoms with van der Waals surface area (Å²) in [7, 11) is 0. The highest BCUT2D eigenvalue weighted by Crippen LogP contribution is 2.31. The smallest absolute Gasteiger partial charge is 0.247 e. The molecule has 0 aliphatic rings. The monoisotopic (exact) mass is 278 g/mol. The van der Waals surface area contributed by atoms with Gasteiger partial charge in [-0.2, -0.15) is 0 Å². The van der Waals surface area contributed by atoms with Crippen LogP contribution in [-0.2, 0) is 4.79 Å². The van der Waals surface area contributed by atoms with E-state index in [1.165, 1.54) is 23.1 Å². The molecule has 1 unspecified atom stereocenters. The van der Waals surface area contributed by atoms with Gasteiger partial charge in [0.15, 0.2) is 8.68 Å². The van der Waals surface area contributed by atoms with Crippen LogP contribution in [0.5, 0.6) is 0 Å². The first-order chi connectivity index (χ1) is 7.71. The number of nitrogens with two attached hydrogens (primary N) is 1. The number of thioether (sulfide) groups is 2. The van der Waals surface area contributed by atoms with Gasteiger partial charge in [-0.25, -0.2) is 5.84 Å². The summed E-state index contributed by atoms with van der Waals surface area (Å²) in [6, 6.07) is 0. The van der Waals surface area contributed by atoms with Gasteiger partial charge >= 0.3 is 0 Å². The Morgan fingerprint density at radius 3 is 2.75 bits per heavy atom. The third kappa shape index (κ3) is 3.93. The van der Waals surface area contributed by atoms with E-state index in [0.29, 0.717) is 0 Å². The minimum absolute atomic E-state index is 0.159. The van der Waals surface area contributed by atoms with Gasteiger partial charge in [0.25, 0.3) is 0 Å². The van der Waals surface area contributed by atoms with Crippen molar-refractivity contribution in [1.82, 2.24) is 15.6 Å². The van der Waals surface area contributed by atoms with Gasteiger partial charge in [-0.15, -0.1) is 10.2 Å². The third-order valence-corrected chi connectivity index (χ3v) is 5.04. The zero-order chi connectivity index (χ0) is 12.0. The number of hydrogen-bond acceptors (Lipinski definition) is 7. The molecule has 16 heavy (non-hydrogen) atoms. The standard InChI is InChI=1S/C8H14N4OS3/c1-3-4-5(6(13)10-9)15-8-12-11-7(14-2)16-8/h5H,3-4,9H2,1-2H3,(H,10,13). The first kappa shape index (κ1) is 13.8. The van der Waals surface area contributed by atoms with Gasteiger partial charge < -0.3 is 0 Å². The summed E-state index contributed by atoms with van der Waals surface area (Å²) in [4.78, 5) is 11.5. The van der Waals surface area contributed by atoms with E-state index in [0.717, 1.165) is 21.5 Å². The Labute approximate surface area is 107 Å². The Bertz CT molecular complexity index is 344. The molecular formula is C8H14N4OS3. The topological polar surface area (TPSA) is 80.9 Å². The van der Waals surface area contributed by atoms with Gasteiger partial charge in [0.1, 0.15) is 0 Å². The SMILES string of the molecule is CCCC(Sc1nnc(SC)s1)C(=O)NN. The quantitative estimate of drug-likeness (QED) is 0.355. The number of hydrogen-bond donors (Lipinski definition) is 2. The summed E-state index contributed by atoms with van der Waals surface area (Å²) in [5.74, 6) is 4.98. The van der Waals surface area contributed by atoms with Crippen molar-refractivity contribution >= 4 is 40.8 Å². The molecule has 1 amide bonds. The highest BCUT2D eigenvalue weighted by molar-refractivity contribution is 8.03. The van der Waals surface area contributed by atoms with Crippen molar-refractivity contribution in [2.75, 3.05) is 6.26 Å². The van der Waals surface area contributed by atoms with Crippen LogP contribution in [0.4, 0.5) is 0 Å². The molecule has 0 fully saturated rings. The molecule has 1 heterocycles. The number of hydrazine groups is 1. The lowest BCUT2D eigenvalue weighted by Gasteiger charge is -2.11. The minimum Gasteiger partial charge on any atom is -0.293 e. The van der Waals surface area contributed by atoms with Gasteiger partial charge in [0.2, 0.25) is 5.91 Å². The van der Waals surface area contributed by atoms with Crippen molar-refractivity contribution in [2.45, 2.75) is 33.7 Å². The van der Waals surface area contributed by atoms with Crippen LogP contribution in [0.25, 0.3) is 0 Å². The number of carbonyl (C=O) groups is 1. The zero-order valence-corrected chi connectivity index (χ0v) is 11.5. The maximum atomic E-state index is 11.5. The summed E-state index contributed by atoms with van der Waals surface area (Å²) in [6.07, 6.45) is 3.66. The first-order valence-electron chi connectivity index (χ1n) is 4.75. The number of nitrogens with zero attached hydrogens (tertiary/aromatic N) is 2. The van der Waals surface area contributed by atoms with Crippen molar-refractivity contribution in [2.24, 2.45) is 5.84 Å². The van der Waals surface area contributed by atoms with Gasteiger partial charge in [0.05, 0.1) is 5.25 Å². The molecule has 0 aliphatic heterocycles. The largest absolute Gasteiger partial charge is 0.293 e. The predicted molar refractivity (Wildman–Crippen MR) is 68.6 cm³/mol. The summed E-state index contributed by atoms with van der Waals surface area (Å²) >= 11 is 4.47. The fourth-order valence-corrected chi connectivity index (χ4v) is 3.85. The Hall–Kier alpha value is -0.310. The summed E-state index contributed by atoms with van der Waals surface area (Å²) in [5, 5.41) is 7.81. The number of carbonyl (C=O) groups excluding carboxylic acids is 1. The van der Waals surface area contributed by atoms with Crippen LogP contribution in [0.2, 0.25) is 0 Å². The summed E-state index contributed by atoms with van der Waals surface area (Å²) < 4.78 is 1.72. The van der Waals surface area contributed by atoms with E-state index in [1.54, 1.807) is 11.8 Å². The molecule has 8 heteroatoms. The van der Waals surface area contributed by atoms with Crippen LogP contribution in [0.15, 0.2) is 8.68 Å². The van der Waals surface area contributed by atoms with Crippen molar-refractivity contribution in [3.8, 4) is 0 Å². The Kier molecular flexibility index (Phi) is 6.10. The van der Waals surface area contributed by atoms with Gasteiger partial charge in [-0.1, -0.05) is 48.2 Å². The van der Waals surface area contributed by atoms with Crippen LogP contribution in [0.3, 0.4) is 0 Å². The van der Waals surface area contributed by atoms with Gasteiger partial charge in [-0.3, -0.25) is 10.2 Å². The van der Waals surface area contributed by atoms with Crippen LogP contribution in [0.1, 0.15) is 19.8 Å². The van der Waals surface area contributed by atoms with E-state index < -0.39 is 0 Å². The molecule has 1 atom stereocenters. The zero-order valence-electron chi connectivity index (χ0n) is 9.10. The second-order valence-corrected chi connectivity index (χ2v) is 6.42. The molecule has 3 N–H and O–H groups in total. The Balaban J connectivity index is 2.63. The van der Waals surface area contributed by atoms with Crippen LogP contribution < -0.4 is 11.3 Å². The summed E-state index contributed by atoms with van der Waals surface area (Å²) in [5.41, 5.74) is 2.18. The molecule has 90 valence electrons. The van der Waals surface area contributed by atoms with Crippen LogP contribution in [-0.4, -0.2) is 27.6 Å². The fraction of sp³-hybridized carbons (Fsp3) is 0.625. The van der Waals surface area contributed by atoms with E-state index in [1.807, 2.05) is 13.2 Å². The number of rotatable bonds is 6. The molecule has 0 radical (unpaired) electrons. The van der Waals surface area contributed by atoms with Gasteiger partial charge in [0, 0.05) is 0 Å². The molecule has 0 bridgehead atoms. The normalized spacial score (nSPS) is 12.4. The molecule has 5 nitrogen and oxygen atoms in total.